The lowest BCUT2D eigenvalue weighted by Crippen LogP contribution is -2.26. The molecule has 74 valence electrons. The summed E-state index contributed by atoms with van der Waals surface area (Å²) in [6.45, 7) is 0. The van der Waals surface area contributed by atoms with Crippen LogP contribution in [0.3, 0.4) is 0 Å². The van der Waals surface area contributed by atoms with Gasteiger partial charge in [0.15, 0.2) is 0 Å². The first-order chi connectivity index (χ1) is 6.68. The maximum absolute atomic E-state index is 13.2. The number of halogens is 1. The van der Waals surface area contributed by atoms with Crippen LogP contribution in [-0.4, -0.2) is 17.1 Å². The van der Waals surface area contributed by atoms with Crippen molar-refractivity contribution >= 4 is 5.91 Å². The molecule has 0 radical (unpaired) electrons. The van der Waals surface area contributed by atoms with Crippen LogP contribution < -0.4 is 5.32 Å². The maximum Gasteiger partial charge on any atom is 0.258 e. The number of carbonyl (C=O) groups is 1. The zero-order valence-corrected chi connectivity index (χ0v) is 7.46. The van der Waals surface area contributed by atoms with E-state index in [0.29, 0.717) is 0 Å². The first-order valence-corrected chi connectivity index (χ1v) is 4.47. The van der Waals surface area contributed by atoms with Gasteiger partial charge in [-0.25, -0.2) is 4.39 Å². The average molecular weight is 195 g/mol. The predicted octanol–water partition coefficient (Wildman–Crippen LogP) is 1.42. The minimum absolute atomic E-state index is 0.154. The van der Waals surface area contributed by atoms with Crippen molar-refractivity contribution in [1.82, 2.24) is 5.32 Å². The Balaban J connectivity index is 2.24. The third-order valence-corrected chi connectivity index (χ3v) is 2.13. The lowest BCUT2D eigenvalue weighted by Gasteiger charge is -2.05. The van der Waals surface area contributed by atoms with Gasteiger partial charge in [-0.05, 0) is 25.0 Å². The highest BCUT2D eigenvalue weighted by molar-refractivity contribution is 5.97. The number of aromatic hydroxyl groups is 1. The van der Waals surface area contributed by atoms with Crippen molar-refractivity contribution in [3.63, 3.8) is 0 Å². The van der Waals surface area contributed by atoms with E-state index >= 15 is 0 Å². The van der Waals surface area contributed by atoms with E-state index in [2.05, 4.69) is 5.32 Å². The summed E-state index contributed by atoms with van der Waals surface area (Å²) in [6, 6.07) is 3.96. The zero-order valence-electron chi connectivity index (χ0n) is 7.46. The largest absolute Gasteiger partial charge is 0.507 e. The molecule has 1 saturated carbocycles. The molecular weight excluding hydrogens is 185 g/mol. The lowest BCUT2D eigenvalue weighted by molar-refractivity contribution is 0.0944. The Bertz CT molecular complexity index is 354. The van der Waals surface area contributed by atoms with Crippen LogP contribution in [0.5, 0.6) is 5.75 Å². The maximum atomic E-state index is 13.2. The third-order valence-electron chi connectivity index (χ3n) is 2.13. The van der Waals surface area contributed by atoms with Crippen LogP contribution >= 0.6 is 0 Å². The van der Waals surface area contributed by atoms with Gasteiger partial charge in [0.2, 0.25) is 0 Å². The molecule has 0 aromatic heterocycles. The average Bonchev–Trinajstić information content (AvgIpc) is 2.87. The molecule has 3 nitrogen and oxygen atoms in total. The molecule has 0 aliphatic heterocycles. The number of hydrogen-bond acceptors (Lipinski definition) is 2. The van der Waals surface area contributed by atoms with E-state index in [1.807, 2.05) is 0 Å². The second-order valence-electron chi connectivity index (χ2n) is 3.38. The Labute approximate surface area is 80.6 Å². The fourth-order valence-electron chi connectivity index (χ4n) is 1.22. The number of hydrogen-bond donors (Lipinski definition) is 2. The van der Waals surface area contributed by atoms with E-state index < -0.39 is 11.7 Å². The van der Waals surface area contributed by atoms with E-state index in [-0.39, 0.29) is 17.4 Å². The minimum atomic E-state index is -0.692. The summed E-state index contributed by atoms with van der Waals surface area (Å²) in [7, 11) is 0. The van der Waals surface area contributed by atoms with Gasteiger partial charge in [0, 0.05) is 6.04 Å². The standard InChI is InChI=1S/C10H10FNO2/c11-7-2-1-3-8(13)9(7)10(14)12-6-4-5-6/h1-3,6,13H,4-5H2,(H,12,14). The van der Waals surface area contributed by atoms with Crippen LogP contribution in [0.15, 0.2) is 18.2 Å². The Hall–Kier alpha value is -1.58. The molecule has 1 aliphatic carbocycles. The lowest BCUT2D eigenvalue weighted by atomic mass is 10.1. The van der Waals surface area contributed by atoms with Gasteiger partial charge in [0.25, 0.3) is 5.91 Å². The van der Waals surface area contributed by atoms with E-state index in [4.69, 9.17) is 0 Å². The molecule has 1 fully saturated rings. The predicted molar refractivity (Wildman–Crippen MR) is 48.6 cm³/mol. The summed E-state index contributed by atoms with van der Waals surface area (Å²) >= 11 is 0. The Kier molecular flexibility index (Phi) is 2.11. The molecule has 1 amide bonds. The number of rotatable bonds is 2. The van der Waals surface area contributed by atoms with Crippen molar-refractivity contribution in [2.45, 2.75) is 18.9 Å². The Morgan fingerprint density at radius 1 is 1.50 bits per heavy atom. The van der Waals surface area contributed by atoms with Crippen LogP contribution in [-0.2, 0) is 0 Å². The van der Waals surface area contributed by atoms with Crippen LogP contribution in [0.1, 0.15) is 23.2 Å². The molecule has 14 heavy (non-hydrogen) atoms. The summed E-state index contributed by atoms with van der Waals surface area (Å²) < 4.78 is 13.2. The van der Waals surface area contributed by atoms with E-state index in [1.165, 1.54) is 12.1 Å². The number of nitrogens with one attached hydrogen (secondary N) is 1. The van der Waals surface area contributed by atoms with Gasteiger partial charge < -0.3 is 10.4 Å². The summed E-state index contributed by atoms with van der Waals surface area (Å²) in [5, 5.41) is 11.9. The molecule has 0 saturated heterocycles. The first-order valence-electron chi connectivity index (χ1n) is 4.47. The van der Waals surface area contributed by atoms with Crippen molar-refractivity contribution in [2.24, 2.45) is 0 Å². The molecule has 1 aromatic rings. The van der Waals surface area contributed by atoms with E-state index in [0.717, 1.165) is 18.9 Å². The van der Waals surface area contributed by atoms with E-state index in [9.17, 15) is 14.3 Å². The summed E-state index contributed by atoms with van der Waals surface area (Å²) in [5.74, 6) is -1.55. The summed E-state index contributed by atoms with van der Waals surface area (Å²) in [5.41, 5.74) is -0.264. The first kappa shape index (κ1) is 8.99. The van der Waals surface area contributed by atoms with Crippen molar-refractivity contribution in [3.05, 3.63) is 29.6 Å². The second-order valence-corrected chi connectivity index (χ2v) is 3.38. The molecule has 4 heteroatoms. The van der Waals surface area contributed by atoms with Crippen molar-refractivity contribution < 1.29 is 14.3 Å². The highest BCUT2D eigenvalue weighted by atomic mass is 19.1. The Morgan fingerprint density at radius 3 is 2.79 bits per heavy atom. The smallest absolute Gasteiger partial charge is 0.258 e. The topological polar surface area (TPSA) is 49.3 Å². The van der Waals surface area contributed by atoms with E-state index in [1.54, 1.807) is 0 Å². The highest BCUT2D eigenvalue weighted by Crippen LogP contribution is 2.23. The molecule has 1 aliphatic rings. The number of benzene rings is 1. The second kappa shape index (κ2) is 3.29. The summed E-state index contributed by atoms with van der Waals surface area (Å²) in [6.07, 6.45) is 1.86. The molecule has 0 heterocycles. The van der Waals surface area contributed by atoms with Crippen LogP contribution in [0.25, 0.3) is 0 Å². The molecule has 1 aromatic carbocycles. The van der Waals surface area contributed by atoms with Crippen molar-refractivity contribution in [3.8, 4) is 5.75 Å². The van der Waals surface area contributed by atoms with Gasteiger partial charge in [-0.15, -0.1) is 0 Å². The van der Waals surface area contributed by atoms with Gasteiger partial charge in [-0.2, -0.15) is 0 Å². The molecule has 2 rings (SSSR count). The number of amides is 1. The number of phenols is 1. The molecule has 0 atom stereocenters. The highest BCUT2D eigenvalue weighted by Gasteiger charge is 2.26. The fraction of sp³-hybridized carbons (Fsp3) is 0.300. The van der Waals surface area contributed by atoms with Crippen LogP contribution in [0.4, 0.5) is 4.39 Å². The fourth-order valence-corrected chi connectivity index (χ4v) is 1.22. The molecule has 0 bridgehead atoms. The molecule has 0 unspecified atom stereocenters. The van der Waals surface area contributed by atoms with Crippen molar-refractivity contribution in [1.29, 1.82) is 0 Å². The van der Waals surface area contributed by atoms with Gasteiger partial charge in [0.05, 0.1) is 0 Å². The molecular formula is C10H10FNO2. The van der Waals surface area contributed by atoms with Crippen molar-refractivity contribution in [2.75, 3.05) is 0 Å². The van der Waals surface area contributed by atoms with Crippen LogP contribution in [0.2, 0.25) is 0 Å². The van der Waals surface area contributed by atoms with Crippen LogP contribution in [0, 0.1) is 5.82 Å². The quantitative estimate of drug-likeness (QED) is 0.749. The summed E-state index contributed by atoms with van der Waals surface area (Å²) in [4.78, 5) is 11.4. The number of phenolic OH excluding ortho intramolecular Hbond substituents is 1. The van der Waals surface area contributed by atoms with Gasteiger partial charge >= 0.3 is 0 Å². The normalized spacial score (nSPS) is 15.2. The monoisotopic (exact) mass is 195 g/mol. The SMILES string of the molecule is O=C(NC1CC1)c1c(O)cccc1F. The zero-order chi connectivity index (χ0) is 10.1. The van der Waals surface area contributed by atoms with Gasteiger partial charge in [0.1, 0.15) is 17.1 Å². The molecule has 2 N–H and O–H groups in total. The minimum Gasteiger partial charge on any atom is -0.507 e. The third kappa shape index (κ3) is 1.69. The van der Waals surface area contributed by atoms with Gasteiger partial charge in [-0.3, -0.25) is 4.79 Å². The number of carbonyl (C=O) groups excluding carboxylic acids is 1. The Morgan fingerprint density at radius 2 is 2.21 bits per heavy atom. The van der Waals surface area contributed by atoms with Gasteiger partial charge in [-0.1, -0.05) is 6.07 Å². The molecule has 0 spiro atoms.